The Morgan fingerprint density at radius 1 is 1.14 bits per heavy atom. The van der Waals surface area contributed by atoms with E-state index in [1.54, 1.807) is 0 Å². The van der Waals surface area contributed by atoms with E-state index in [0.29, 0.717) is 0 Å². The van der Waals surface area contributed by atoms with Gasteiger partial charge in [0.05, 0.1) is 0 Å². The first-order chi connectivity index (χ1) is 6.72. The van der Waals surface area contributed by atoms with Gasteiger partial charge in [0.1, 0.15) is 0 Å². The highest BCUT2D eigenvalue weighted by Crippen LogP contribution is 2.14. The minimum absolute atomic E-state index is 0.749. The molecule has 0 rings (SSSR count). The maximum absolute atomic E-state index is 5.52. The van der Waals surface area contributed by atoms with Crippen LogP contribution in [0.15, 0.2) is 0 Å². The van der Waals surface area contributed by atoms with Gasteiger partial charge in [-0.15, -0.1) is 0 Å². The molecule has 0 saturated carbocycles. The molecule has 0 amide bonds. The highest BCUT2D eigenvalue weighted by molar-refractivity contribution is 4.65. The molecule has 1 atom stereocenters. The standard InChI is InChI=1S/C12H27NO/c1-5-8-14-9-7-12(11(3)4)10-13-6-2/h11-13H,5-10H2,1-4H3. The summed E-state index contributed by atoms with van der Waals surface area (Å²) < 4.78 is 5.52. The average molecular weight is 201 g/mol. The van der Waals surface area contributed by atoms with E-state index in [1.165, 1.54) is 6.42 Å². The van der Waals surface area contributed by atoms with Gasteiger partial charge < -0.3 is 10.1 Å². The first-order valence-corrected chi connectivity index (χ1v) is 6.00. The van der Waals surface area contributed by atoms with E-state index in [0.717, 1.165) is 44.6 Å². The maximum Gasteiger partial charge on any atom is 0.0469 e. The zero-order valence-electron chi connectivity index (χ0n) is 10.3. The van der Waals surface area contributed by atoms with E-state index < -0.39 is 0 Å². The van der Waals surface area contributed by atoms with E-state index in [1.807, 2.05) is 0 Å². The van der Waals surface area contributed by atoms with Gasteiger partial charge in [-0.2, -0.15) is 0 Å². The summed E-state index contributed by atoms with van der Waals surface area (Å²) in [6.45, 7) is 12.9. The fourth-order valence-electron chi connectivity index (χ4n) is 1.48. The largest absolute Gasteiger partial charge is 0.381 e. The van der Waals surface area contributed by atoms with E-state index >= 15 is 0 Å². The van der Waals surface area contributed by atoms with Crippen LogP contribution in [-0.2, 0) is 4.74 Å². The molecule has 0 aromatic carbocycles. The van der Waals surface area contributed by atoms with Crippen LogP contribution in [0.25, 0.3) is 0 Å². The number of nitrogens with one attached hydrogen (secondary N) is 1. The van der Waals surface area contributed by atoms with Crippen LogP contribution in [0.4, 0.5) is 0 Å². The average Bonchev–Trinajstić information content (AvgIpc) is 2.16. The Kier molecular flexibility index (Phi) is 9.42. The van der Waals surface area contributed by atoms with Gasteiger partial charge in [-0.25, -0.2) is 0 Å². The van der Waals surface area contributed by atoms with E-state index in [2.05, 4.69) is 33.0 Å². The van der Waals surface area contributed by atoms with Gasteiger partial charge in [-0.05, 0) is 37.8 Å². The van der Waals surface area contributed by atoms with Gasteiger partial charge in [0.15, 0.2) is 0 Å². The molecule has 14 heavy (non-hydrogen) atoms. The minimum Gasteiger partial charge on any atom is -0.381 e. The molecule has 1 N–H and O–H groups in total. The molecule has 2 nitrogen and oxygen atoms in total. The normalized spacial score (nSPS) is 13.5. The van der Waals surface area contributed by atoms with Crippen molar-refractivity contribution in [2.75, 3.05) is 26.3 Å². The quantitative estimate of drug-likeness (QED) is 0.579. The molecule has 0 aliphatic carbocycles. The van der Waals surface area contributed by atoms with Crippen LogP contribution in [0.3, 0.4) is 0 Å². The van der Waals surface area contributed by atoms with E-state index in [-0.39, 0.29) is 0 Å². The predicted molar refractivity (Wildman–Crippen MR) is 62.6 cm³/mol. The molecule has 0 radical (unpaired) electrons. The highest BCUT2D eigenvalue weighted by Gasteiger charge is 2.11. The van der Waals surface area contributed by atoms with Crippen molar-refractivity contribution in [3.05, 3.63) is 0 Å². The Bertz CT molecular complexity index is 115. The molecule has 0 fully saturated rings. The Balaban J connectivity index is 3.52. The molecule has 1 unspecified atom stereocenters. The lowest BCUT2D eigenvalue weighted by Gasteiger charge is -2.20. The molecule has 0 bridgehead atoms. The molecule has 0 aromatic heterocycles. The van der Waals surface area contributed by atoms with Crippen LogP contribution in [0.1, 0.15) is 40.5 Å². The van der Waals surface area contributed by atoms with Crippen molar-refractivity contribution in [2.45, 2.75) is 40.5 Å². The molecule has 0 aromatic rings. The summed E-state index contributed by atoms with van der Waals surface area (Å²) >= 11 is 0. The summed E-state index contributed by atoms with van der Waals surface area (Å²) in [7, 11) is 0. The molecular weight excluding hydrogens is 174 g/mol. The topological polar surface area (TPSA) is 21.3 Å². The Morgan fingerprint density at radius 3 is 2.36 bits per heavy atom. The molecule has 86 valence electrons. The monoisotopic (exact) mass is 201 g/mol. The minimum atomic E-state index is 0.749. The third-order valence-corrected chi connectivity index (χ3v) is 2.58. The van der Waals surface area contributed by atoms with Gasteiger partial charge in [-0.1, -0.05) is 27.7 Å². The number of hydrogen-bond donors (Lipinski definition) is 1. The lowest BCUT2D eigenvalue weighted by Crippen LogP contribution is -2.27. The molecule has 0 heterocycles. The summed E-state index contributed by atoms with van der Waals surface area (Å²) in [6, 6.07) is 0. The van der Waals surface area contributed by atoms with Crippen molar-refractivity contribution in [3.8, 4) is 0 Å². The molecule has 0 aliphatic heterocycles. The third-order valence-electron chi connectivity index (χ3n) is 2.58. The maximum atomic E-state index is 5.52. The first kappa shape index (κ1) is 13.9. The zero-order chi connectivity index (χ0) is 10.8. The van der Waals surface area contributed by atoms with Gasteiger partial charge in [0, 0.05) is 13.2 Å². The lowest BCUT2D eigenvalue weighted by molar-refractivity contribution is 0.113. The second kappa shape index (κ2) is 9.47. The van der Waals surface area contributed by atoms with Gasteiger partial charge in [-0.3, -0.25) is 0 Å². The van der Waals surface area contributed by atoms with Crippen molar-refractivity contribution in [1.29, 1.82) is 0 Å². The zero-order valence-corrected chi connectivity index (χ0v) is 10.3. The van der Waals surface area contributed by atoms with Crippen molar-refractivity contribution < 1.29 is 4.74 Å². The van der Waals surface area contributed by atoms with Gasteiger partial charge in [0.2, 0.25) is 0 Å². The first-order valence-electron chi connectivity index (χ1n) is 6.00. The van der Waals surface area contributed by atoms with Crippen LogP contribution in [0.2, 0.25) is 0 Å². The number of hydrogen-bond acceptors (Lipinski definition) is 2. The van der Waals surface area contributed by atoms with Crippen molar-refractivity contribution in [3.63, 3.8) is 0 Å². The third kappa shape index (κ3) is 7.34. The summed E-state index contributed by atoms with van der Waals surface area (Å²) in [4.78, 5) is 0. The number of rotatable bonds is 9. The summed E-state index contributed by atoms with van der Waals surface area (Å²) in [5.74, 6) is 1.51. The second-order valence-electron chi connectivity index (χ2n) is 4.21. The molecule has 0 aliphatic rings. The predicted octanol–water partition coefficient (Wildman–Crippen LogP) is 2.68. The molecular formula is C12H27NO. The van der Waals surface area contributed by atoms with Crippen LogP contribution >= 0.6 is 0 Å². The van der Waals surface area contributed by atoms with Crippen molar-refractivity contribution >= 4 is 0 Å². The molecule has 2 heteroatoms. The lowest BCUT2D eigenvalue weighted by atomic mass is 9.93. The SMILES string of the molecule is CCCOCCC(CNCC)C(C)C. The molecule has 0 spiro atoms. The summed E-state index contributed by atoms with van der Waals surface area (Å²) in [5, 5.41) is 3.42. The Hall–Kier alpha value is -0.0800. The molecule has 0 saturated heterocycles. The fourth-order valence-corrected chi connectivity index (χ4v) is 1.48. The van der Waals surface area contributed by atoms with E-state index in [4.69, 9.17) is 4.74 Å². The van der Waals surface area contributed by atoms with Crippen molar-refractivity contribution in [1.82, 2.24) is 5.32 Å². The van der Waals surface area contributed by atoms with Gasteiger partial charge >= 0.3 is 0 Å². The smallest absolute Gasteiger partial charge is 0.0469 e. The number of ether oxygens (including phenoxy) is 1. The van der Waals surface area contributed by atoms with Crippen LogP contribution < -0.4 is 5.32 Å². The van der Waals surface area contributed by atoms with E-state index in [9.17, 15) is 0 Å². The Morgan fingerprint density at radius 2 is 1.86 bits per heavy atom. The van der Waals surface area contributed by atoms with Crippen molar-refractivity contribution in [2.24, 2.45) is 11.8 Å². The van der Waals surface area contributed by atoms with Crippen LogP contribution in [0.5, 0.6) is 0 Å². The second-order valence-corrected chi connectivity index (χ2v) is 4.21. The van der Waals surface area contributed by atoms with Crippen LogP contribution in [-0.4, -0.2) is 26.3 Å². The van der Waals surface area contributed by atoms with Gasteiger partial charge in [0.25, 0.3) is 0 Å². The summed E-state index contributed by atoms with van der Waals surface area (Å²) in [6.07, 6.45) is 2.31. The summed E-state index contributed by atoms with van der Waals surface area (Å²) in [5.41, 5.74) is 0. The van der Waals surface area contributed by atoms with Crippen LogP contribution in [0, 0.1) is 11.8 Å². The highest BCUT2D eigenvalue weighted by atomic mass is 16.5. The fraction of sp³-hybridized carbons (Fsp3) is 1.00. The Labute approximate surface area is 89.4 Å².